The zero-order valence-electron chi connectivity index (χ0n) is 8.88. The van der Waals surface area contributed by atoms with Gasteiger partial charge in [0.15, 0.2) is 0 Å². The molecule has 1 N–H and O–H groups in total. The van der Waals surface area contributed by atoms with Crippen LogP contribution in [0.1, 0.15) is 18.5 Å². The van der Waals surface area contributed by atoms with Gasteiger partial charge in [-0.3, -0.25) is 0 Å². The van der Waals surface area contributed by atoms with E-state index in [0.717, 1.165) is 5.56 Å². The predicted molar refractivity (Wildman–Crippen MR) is 61.2 cm³/mol. The first-order valence-corrected chi connectivity index (χ1v) is 6.37. The highest BCUT2D eigenvalue weighted by atomic mass is 32.2. The van der Waals surface area contributed by atoms with Crippen LogP contribution in [-0.4, -0.2) is 8.42 Å². The van der Waals surface area contributed by atoms with Gasteiger partial charge in [0.05, 0.1) is 6.04 Å². The Morgan fingerprint density at radius 1 is 1.50 bits per heavy atom. The lowest BCUT2D eigenvalue weighted by molar-refractivity contribution is 0.401. The molecule has 1 aromatic rings. The maximum absolute atomic E-state index is 11.5. The topological polar surface area (TPSA) is 55.4 Å². The molecule has 1 heterocycles. The summed E-state index contributed by atoms with van der Waals surface area (Å²) in [5.41, 5.74) is 0.838. The average molecular weight is 239 g/mol. The van der Waals surface area contributed by atoms with Crippen molar-refractivity contribution in [2.45, 2.75) is 13.0 Å². The van der Waals surface area contributed by atoms with Crippen LogP contribution in [0.25, 0.3) is 0 Å². The van der Waals surface area contributed by atoms with E-state index in [4.69, 9.17) is 4.18 Å². The molecule has 1 aliphatic rings. The molecule has 16 heavy (non-hydrogen) atoms. The van der Waals surface area contributed by atoms with Gasteiger partial charge >= 0.3 is 10.3 Å². The lowest BCUT2D eigenvalue weighted by Crippen LogP contribution is -2.39. The molecule has 0 radical (unpaired) electrons. The molecule has 0 saturated heterocycles. The van der Waals surface area contributed by atoms with Crippen LogP contribution in [0.15, 0.2) is 36.9 Å². The summed E-state index contributed by atoms with van der Waals surface area (Å²) in [5.74, 6) is 0.389. The molecule has 2 atom stereocenters. The molecule has 0 spiro atoms. The van der Waals surface area contributed by atoms with Gasteiger partial charge in [-0.15, -0.1) is 6.58 Å². The molecular formula is C11H13NO3S. The average Bonchev–Trinajstić information content (AvgIpc) is 2.25. The van der Waals surface area contributed by atoms with Crippen molar-refractivity contribution in [3.05, 3.63) is 42.5 Å². The lowest BCUT2D eigenvalue weighted by Gasteiger charge is -2.28. The van der Waals surface area contributed by atoms with E-state index in [1.54, 1.807) is 18.2 Å². The molecule has 0 unspecified atom stereocenters. The van der Waals surface area contributed by atoms with E-state index in [1.807, 2.05) is 19.1 Å². The second-order valence-electron chi connectivity index (χ2n) is 3.77. The molecular weight excluding hydrogens is 226 g/mol. The van der Waals surface area contributed by atoms with Gasteiger partial charge in [-0.1, -0.05) is 31.2 Å². The Morgan fingerprint density at radius 3 is 2.88 bits per heavy atom. The standard InChI is InChI=1S/C11H13NO3S/c1-3-8(2)11-9-6-4-5-7-10(9)15-16(13,14)12-11/h3-8,11-12H,1H2,2H3/t8-,11+/m0/s1. The SMILES string of the molecule is C=C[C@H](C)[C@H]1NS(=O)(=O)Oc2ccccc21. The highest BCUT2D eigenvalue weighted by Crippen LogP contribution is 2.35. The summed E-state index contributed by atoms with van der Waals surface area (Å²) in [6.45, 7) is 5.59. The number of hydrogen-bond donors (Lipinski definition) is 1. The van der Waals surface area contributed by atoms with E-state index in [0.29, 0.717) is 5.75 Å². The summed E-state index contributed by atoms with van der Waals surface area (Å²) >= 11 is 0. The second kappa shape index (κ2) is 3.92. The molecule has 86 valence electrons. The van der Waals surface area contributed by atoms with Crippen molar-refractivity contribution < 1.29 is 12.6 Å². The highest BCUT2D eigenvalue weighted by Gasteiger charge is 2.32. The van der Waals surface area contributed by atoms with Crippen LogP contribution < -0.4 is 8.91 Å². The Hall–Kier alpha value is -1.33. The normalized spacial score (nSPS) is 23.9. The van der Waals surface area contributed by atoms with Crippen LogP contribution >= 0.6 is 0 Å². The number of hydrogen-bond acceptors (Lipinski definition) is 3. The fourth-order valence-corrected chi connectivity index (χ4v) is 2.79. The number of rotatable bonds is 2. The molecule has 2 rings (SSSR count). The lowest BCUT2D eigenvalue weighted by atomic mass is 9.95. The largest absolute Gasteiger partial charge is 0.383 e. The molecule has 0 aromatic heterocycles. The Bertz CT molecular complexity index is 510. The van der Waals surface area contributed by atoms with Crippen molar-refractivity contribution in [1.82, 2.24) is 4.72 Å². The van der Waals surface area contributed by atoms with Gasteiger partial charge in [0.25, 0.3) is 0 Å². The van der Waals surface area contributed by atoms with E-state index in [1.165, 1.54) is 0 Å². The Balaban J connectivity index is 2.51. The van der Waals surface area contributed by atoms with Crippen LogP contribution in [0.5, 0.6) is 5.75 Å². The summed E-state index contributed by atoms with van der Waals surface area (Å²) in [4.78, 5) is 0. The van der Waals surface area contributed by atoms with Crippen molar-refractivity contribution in [1.29, 1.82) is 0 Å². The van der Waals surface area contributed by atoms with Crippen LogP contribution in [-0.2, 0) is 10.3 Å². The summed E-state index contributed by atoms with van der Waals surface area (Å²) in [5, 5.41) is 0. The van der Waals surface area contributed by atoms with Gasteiger partial charge in [-0.2, -0.15) is 13.1 Å². The first kappa shape index (κ1) is 11.2. The molecule has 0 fully saturated rings. The van der Waals surface area contributed by atoms with E-state index in [-0.39, 0.29) is 12.0 Å². The predicted octanol–water partition coefficient (Wildman–Crippen LogP) is 1.78. The smallest absolute Gasteiger partial charge is 0.371 e. The highest BCUT2D eigenvalue weighted by molar-refractivity contribution is 7.85. The molecule has 0 amide bonds. The molecule has 0 saturated carbocycles. The Morgan fingerprint density at radius 2 is 2.19 bits per heavy atom. The summed E-state index contributed by atoms with van der Waals surface area (Å²) in [7, 11) is -3.70. The summed E-state index contributed by atoms with van der Waals surface area (Å²) in [6, 6.07) is 6.78. The molecule has 1 aliphatic heterocycles. The van der Waals surface area contributed by atoms with Crippen LogP contribution in [0.3, 0.4) is 0 Å². The van der Waals surface area contributed by atoms with Crippen molar-refractivity contribution in [3.8, 4) is 5.75 Å². The van der Waals surface area contributed by atoms with Gasteiger partial charge in [0.2, 0.25) is 0 Å². The van der Waals surface area contributed by atoms with E-state index >= 15 is 0 Å². The summed E-state index contributed by atoms with van der Waals surface area (Å²) < 4.78 is 30.3. The molecule has 4 nitrogen and oxygen atoms in total. The molecule has 1 aromatic carbocycles. The van der Waals surface area contributed by atoms with E-state index in [2.05, 4.69) is 11.3 Å². The quantitative estimate of drug-likeness (QED) is 0.800. The van der Waals surface area contributed by atoms with Gasteiger partial charge in [0.1, 0.15) is 5.75 Å². The zero-order valence-corrected chi connectivity index (χ0v) is 9.70. The van der Waals surface area contributed by atoms with Gasteiger partial charge in [-0.25, -0.2) is 0 Å². The van der Waals surface area contributed by atoms with E-state index < -0.39 is 10.3 Å². The molecule has 0 bridgehead atoms. The number of para-hydroxylation sites is 1. The van der Waals surface area contributed by atoms with Crippen LogP contribution in [0, 0.1) is 5.92 Å². The number of benzene rings is 1. The van der Waals surface area contributed by atoms with Crippen LogP contribution in [0.2, 0.25) is 0 Å². The Labute approximate surface area is 95.2 Å². The first-order chi connectivity index (χ1) is 7.53. The number of fused-ring (bicyclic) bond motifs is 1. The fourth-order valence-electron chi connectivity index (χ4n) is 1.70. The summed E-state index contributed by atoms with van der Waals surface area (Å²) in [6.07, 6.45) is 1.72. The van der Waals surface area contributed by atoms with Crippen LogP contribution in [0.4, 0.5) is 0 Å². The third-order valence-electron chi connectivity index (χ3n) is 2.62. The van der Waals surface area contributed by atoms with Gasteiger partial charge < -0.3 is 4.18 Å². The van der Waals surface area contributed by atoms with E-state index in [9.17, 15) is 8.42 Å². The maximum Gasteiger partial charge on any atom is 0.383 e. The zero-order chi connectivity index (χ0) is 11.8. The van der Waals surface area contributed by atoms with Crippen molar-refractivity contribution >= 4 is 10.3 Å². The monoisotopic (exact) mass is 239 g/mol. The fraction of sp³-hybridized carbons (Fsp3) is 0.273. The van der Waals surface area contributed by atoms with Crippen molar-refractivity contribution in [2.24, 2.45) is 5.92 Å². The third-order valence-corrected chi connectivity index (χ3v) is 3.56. The van der Waals surface area contributed by atoms with Gasteiger partial charge in [-0.05, 0) is 12.0 Å². The number of nitrogens with one attached hydrogen (secondary N) is 1. The molecule has 5 heteroatoms. The van der Waals surface area contributed by atoms with Gasteiger partial charge in [0, 0.05) is 5.56 Å². The minimum absolute atomic E-state index is 0.000162. The van der Waals surface area contributed by atoms with Crippen molar-refractivity contribution in [2.75, 3.05) is 0 Å². The maximum atomic E-state index is 11.5. The van der Waals surface area contributed by atoms with Crippen molar-refractivity contribution in [3.63, 3.8) is 0 Å². The minimum atomic E-state index is -3.70. The minimum Gasteiger partial charge on any atom is -0.371 e. The second-order valence-corrected chi connectivity index (χ2v) is 5.08. The third kappa shape index (κ3) is 1.96. The first-order valence-electron chi connectivity index (χ1n) is 4.97. The molecule has 0 aliphatic carbocycles. The Kier molecular flexibility index (Phi) is 2.73.